The Morgan fingerprint density at radius 1 is 1.24 bits per heavy atom. The minimum atomic E-state index is -0.963. The molecule has 2 bridgehead atoms. The zero-order valence-corrected chi connectivity index (χ0v) is 10.4. The molecule has 4 heteroatoms. The van der Waals surface area contributed by atoms with Gasteiger partial charge in [-0.05, 0) is 45.6 Å². The molecule has 0 radical (unpaired) electrons. The highest BCUT2D eigenvalue weighted by Crippen LogP contribution is 2.56. The molecule has 2 saturated heterocycles. The predicted molar refractivity (Wildman–Crippen MR) is 62.7 cm³/mol. The smallest absolute Gasteiger partial charge is 0.312 e. The van der Waals surface area contributed by atoms with E-state index in [1.165, 1.54) is 0 Å². The van der Waals surface area contributed by atoms with Crippen LogP contribution in [0.1, 0.15) is 44.9 Å². The SMILES string of the molecule is CN1C2CCC1CC(O)(C1(C(=O)O)CCC1)C2. The highest BCUT2D eigenvalue weighted by molar-refractivity contribution is 5.77. The summed E-state index contributed by atoms with van der Waals surface area (Å²) in [5.41, 5.74) is -1.80. The summed E-state index contributed by atoms with van der Waals surface area (Å²) in [5, 5.41) is 20.4. The summed E-state index contributed by atoms with van der Waals surface area (Å²) in [4.78, 5) is 13.9. The molecule has 3 fully saturated rings. The first-order valence-electron chi connectivity index (χ1n) is 6.66. The molecule has 2 heterocycles. The summed E-state index contributed by atoms with van der Waals surface area (Å²) >= 11 is 0. The molecular weight excluding hydrogens is 218 g/mol. The molecule has 2 aliphatic heterocycles. The Bertz CT molecular complexity index is 337. The van der Waals surface area contributed by atoms with Crippen molar-refractivity contribution in [2.45, 2.75) is 62.6 Å². The molecule has 0 aromatic rings. The van der Waals surface area contributed by atoms with Gasteiger partial charge in [0, 0.05) is 12.1 Å². The van der Waals surface area contributed by atoms with Crippen molar-refractivity contribution in [2.75, 3.05) is 7.05 Å². The molecule has 0 spiro atoms. The van der Waals surface area contributed by atoms with E-state index < -0.39 is 17.0 Å². The van der Waals surface area contributed by atoms with E-state index >= 15 is 0 Å². The highest BCUT2D eigenvalue weighted by Gasteiger charge is 2.63. The number of carboxylic acid groups (broad SMARTS) is 1. The number of aliphatic carboxylic acids is 1. The average molecular weight is 239 g/mol. The van der Waals surface area contributed by atoms with Gasteiger partial charge in [-0.3, -0.25) is 4.79 Å². The standard InChI is InChI=1S/C13H21NO3/c1-14-9-3-4-10(14)8-13(17,7-9)12(11(15)16)5-2-6-12/h9-10,17H,2-8H2,1H3,(H,15,16). The van der Waals surface area contributed by atoms with Crippen LogP contribution in [0.3, 0.4) is 0 Å². The van der Waals surface area contributed by atoms with Gasteiger partial charge in [0.05, 0.1) is 11.0 Å². The molecule has 4 nitrogen and oxygen atoms in total. The summed E-state index contributed by atoms with van der Waals surface area (Å²) in [7, 11) is 2.11. The van der Waals surface area contributed by atoms with Crippen molar-refractivity contribution in [3.8, 4) is 0 Å². The largest absolute Gasteiger partial charge is 0.481 e. The summed E-state index contributed by atoms with van der Waals surface area (Å²) in [6.07, 6.45) is 5.76. The molecule has 3 aliphatic rings. The van der Waals surface area contributed by atoms with Crippen LogP contribution < -0.4 is 0 Å². The Kier molecular flexibility index (Phi) is 2.33. The number of hydrogen-bond donors (Lipinski definition) is 2. The second-order valence-electron chi connectivity index (χ2n) is 6.23. The lowest BCUT2D eigenvalue weighted by Crippen LogP contribution is -2.63. The zero-order valence-electron chi connectivity index (χ0n) is 10.4. The first-order chi connectivity index (χ1) is 7.98. The number of carbonyl (C=O) groups is 1. The Morgan fingerprint density at radius 3 is 2.12 bits per heavy atom. The molecule has 3 rings (SSSR count). The van der Waals surface area contributed by atoms with E-state index in [1.54, 1.807) is 0 Å². The fourth-order valence-corrected chi connectivity index (χ4v) is 4.24. The van der Waals surface area contributed by atoms with Crippen molar-refractivity contribution in [3.05, 3.63) is 0 Å². The molecule has 2 N–H and O–H groups in total. The quantitative estimate of drug-likeness (QED) is 0.761. The van der Waals surface area contributed by atoms with Crippen LogP contribution in [0.15, 0.2) is 0 Å². The molecule has 0 aromatic carbocycles. The van der Waals surface area contributed by atoms with Crippen LogP contribution in [-0.4, -0.2) is 45.8 Å². The number of hydrogen-bond acceptors (Lipinski definition) is 3. The van der Waals surface area contributed by atoms with Gasteiger partial charge >= 0.3 is 5.97 Å². The van der Waals surface area contributed by atoms with Crippen LogP contribution in [0, 0.1) is 5.41 Å². The van der Waals surface area contributed by atoms with Gasteiger partial charge in [0.15, 0.2) is 0 Å². The van der Waals surface area contributed by atoms with Crippen LogP contribution in [0.4, 0.5) is 0 Å². The average Bonchev–Trinajstić information content (AvgIpc) is 2.43. The van der Waals surface area contributed by atoms with Crippen LogP contribution in [-0.2, 0) is 4.79 Å². The molecule has 2 unspecified atom stereocenters. The number of rotatable bonds is 2. The molecule has 17 heavy (non-hydrogen) atoms. The number of carboxylic acids is 1. The Balaban J connectivity index is 1.90. The highest BCUT2D eigenvalue weighted by atomic mass is 16.4. The Labute approximate surface area is 102 Å². The van der Waals surface area contributed by atoms with Crippen molar-refractivity contribution in [3.63, 3.8) is 0 Å². The lowest BCUT2D eigenvalue weighted by atomic mass is 9.55. The number of aliphatic hydroxyl groups is 1. The van der Waals surface area contributed by atoms with Crippen molar-refractivity contribution in [1.82, 2.24) is 4.90 Å². The van der Waals surface area contributed by atoms with E-state index in [2.05, 4.69) is 11.9 Å². The van der Waals surface area contributed by atoms with E-state index in [1.807, 2.05) is 0 Å². The Morgan fingerprint density at radius 2 is 1.76 bits per heavy atom. The molecule has 96 valence electrons. The monoisotopic (exact) mass is 239 g/mol. The van der Waals surface area contributed by atoms with Gasteiger partial charge in [-0.2, -0.15) is 0 Å². The van der Waals surface area contributed by atoms with Gasteiger partial charge in [0.25, 0.3) is 0 Å². The molecule has 2 atom stereocenters. The van der Waals surface area contributed by atoms with E-state index in [-0.39, 0.29) is 0 Å². The van der Waals surface area contributed by atoms with Gasteiger partial charge in [-0.25, -0.2) is 0 Å². The molecular formula is C13H21NO3. The zero-order chi connectivity index (χ0) is 12.3. The van der Waals surface area contributed by atoms with Crippen LogP contribution in [0.25, 0.3) is 0 Å². The summed E-state index contributed by atoms with van der Waals surface area (Å²) < 4.78 is 0. The number of piperidine rings is 1. The van der Waals surface area contributed by atoms with E-state index in [4.69, 9.17) is 0 Å². The fraction of sp³-hybridized carbons (Fsp3) is 0.923. The fourth-order valence-electron chi connectivity index (χ4n) is 4.24. The summed E-state index contributed by atoms with van der Waals surface area (Å²) in [5.74, 6) is -0.782. The van der Waals surface area contributed by atoms with E-state index in [9.17, 15) is 15.0 Å². The Hall–Kier alpha value is -0.610. The summed E-state index contributed by atoms with van der Waals surface area (Å²) in [6, 6.07) is 0.770. The third-order valence-corrected chi connectivity index (χ3v) is 5.64. The third kappa shape index (κ3) is 1.34. The maximum Gasteiger partial charge on any atom is 0.312 e. The lowest BCUT2D eigenvalue weighted by Gasteiger charge is -2.54. The van der Waals surface area contributed by atoms with Crippen molar-refractivity contribution >= 4 is 5.97 Å². The maximum atomic E-state index is 11.5. The topological polar surface area (TPSA) is 60.8 Å². The minimum Gasteiger partial charge on any atom is -0.481 e. The van der Waals surface area contributed by atoms with Gasteiger partial charge in [0.2, 0.25) is 0 Å². The third-order valence-electron chi connectivity index (χ3n) is 5.64. The first-order valence-corrected chi connectivity index (χ1v) is 6.66. The van der Waals surface area contributed by atoms with Crippen LogP contribution >= 0.6 is 0 Å². The lowest BCUT2D eigenvalue weighted by molar-refractivity contribution is -0.198. The number of nitrogens with zero attached hydrogens (tertiary/aromatic N) is 1. The summed E-state index contributed by atoms with van der Waals surface area (Å²) in [6.45, 7) is 0. The van der Waals surface area contributed by atoms with Crippen LogP contribution in [0.5, 0.6) is 0 Å². The van der Waals surface area contributed by atoms with Crippen molar-refractivity contribution < 1.29 is 15.0 Å². The van der Waals surface area contributed by atoms with Crippen molar-refractivity contribution in [1.29, 1.82) is 0 Å². The minimum absolute atomic E-state index is 0.385. The second kappa shape index (κ2) is 3.45. The van der Waals surface area contributed by atoms with E-state index in [0.29, 0.717) is 37.8 Å². The van der Waals surface area contributed by atoms with Gasteiger partial charge in [-0.15, -0.1) is 0 Å². The molecule has 0 aromatic heterocycles. The van der Waals surface area contributed by atoms with Crippen LogP contribution in [0.2, 0.25) is 0 Å². The van der Waals surface area contributed by atoms with Gasteiger partial charge in [-0.1, -0.05) is 6.42 Å². The predicted octanol–water partition coefficient (Wildman–Crippen LogP) is 1.23. The molecule has 1 aliphatic carbocycles. The molecule has 0 amide bonds. The maximum absolute atomic E-state index is 11.5. The van der Waals surface area contributed by atoms with E-state index in [0.717, 1.165) is 19.3 Å². The van der Waals surface area contributed by atoms with Gasteiger partial charge < -0.3 is 15.1 Å². The van der Waals surface area contributed by atoms with Crippen molar-refractivity contribution in [2.24, 2.45) is 5.41 Å². The van der Waals surface area contributed by atoms with Gasteiger partial charge in [0.1, 0.15) is 0 Å². The normalized spacial score (nSPS) is 44.4. The first kappa shape index (κ1) is 11.5. The number of fused-ring (bicyclic) bond motifs is 2. The second-order valence-corrected chi connectivity index (χ2v) is 6.23. The molecule has 1 saturated carbocycles.